The van der Waals surface area contributed by atoms with Crippen molar-refractivity contribution in [3.8, 4) is 11.4 Å². The fraction of sp³-hybridized carbons (Fsp3) is 0.448. The zero-order valence-electron chi connectivity index (χ0n) is 24.9. The van der Waals surface area contributed by atoms with Gasteiger partial charge in [-0.15, -0.1) is 5.10 Å². The summed E-state index contributed by atoms with van der Waals surface area (Å²) in [4.78, 5) is 50.2. The van der Waals surface area contributed by atoms with Crippen LogP contribution in [0.5, 0.6) is 0 Å². The minimum Gasteiger partial charge on any atom is -0.355 e. The van der Waals surface area contributed by atoms with Gasteiger partial charge in [-0.05, 0) is 43.0 Å². The van der Waals surface area contributed by atoms with E-state index in [1.165, 1.54) is 7.05 Å². The van der Waals surface area contributed by atoms with Gasteiger partial charge < -0.3 is 20.4 Å². The van der Waals surface area contributed by atoms with E-state index in [0.29, 0.717) is 44.1 Å². The van der Waals surface area contributed by atoms with Crippen molar-refractivity contribution < 1.29 is 27.6 Å². The number of halogens is 3. The van der Waals surface area contributed by atoms with Crippen molar-refractivity contribution in [3.05, 3.63) is 48.3 Å². The Labute approximate surface area is 257 Å². The van der Waals surface area contributed by atoms with Gasteiger partial charge in [-0.25, -0.2) is 19.3 Å². The summed E-state index contributed by atoms with van der Waals surface area (Å²) in [6.45, 7) is 7.49. The van der Waals surface area contributed by atoms with E-state index in [0.717, 1.165) is 56.3 Å². The highest BCUT2D eigenvalue weighted by molar-refractivity contribution is 5.91. The number of rotatable bonds is 8. The summed E-state index contributed by atoms with van der Waals surface area (Å²) < 4.78 is 44.3. The molecule has 45 heavy (non-hydrogen) atoms. The number of carbonyl (C=O) groups is 3. The van der Waals surface area contributed by atoms with Gasteiger partial charge in [0.25, 0.3) is 0 Å². The number of urea groups is 1. The molecule has 2 aliphatic rings. The standard InChI is InChI=1S/C29H35F3N10O3/c1-3-24(43)35-16-25(44)40-11-9-39(10-12-40)17-19-13-22-27(41-7-5-4-6-8-41)37-26(38-42(22)18-19)20-15-34-23(36-28(45)33-2)14-21(20)29(30,31)32/h3,13-15,18H,1,4-12,16-17H2,2H3,(H,35,43)(H2,33,34,36,45). The highest BCUT2D eigenvalue weighted by Gasteiger charge is 2.36. The summed E-state index contributed by atoms with van der Waals surface area (Å²) >= 11 is 0. The van der Waals surface area contributed by atoms with Gasteiger partial charge in [0.05, 0.1) is 17.7 Å². The number of piperazine rings is 1. The molecule has 240 valence electrons. The SMILES string of the molecule is C=CC(=O)NCC(=O)N1CCN(Cc2cc3c(N4CCCCC4)nc(-c4cnc(NC(=O)NC)cc4C(F)(F)F)nn3c2)CC1. The molecule has 2 saturated heterocycles. The lowest BCUT2D eigenvalue weighted by molar-refractivity contribution is -0.137. The third-order valence-corrected chi connectivity index (χ3v) is 7.81. The molecule has 0 saturated carbocycles. The molecule has 0 bridgehead atoms. The van der Waals surface area contributed by atoms with E-state index < -0.39 is 23.7 Å². The molecule has 0 atom stereocenters. The molecular weight excluding hydrogens is 593 g/mol. The summed E-state index contributed by atoms with van der Waals surface area (Å²) in [6.07, 6.45) is 2.12. The first-order valence-corrected chi connectivity index (χ1v) is 14.7. The minimum atomic E-state index is -4.76. The van der Waals surface area contributed by atoms with Crippen LogP contribution < -0.4 is 20.9 Å². The topological polar surface area (TPSA) is 140 Å². The van der Waals surface area contributed by atoms with Gasteiger partial charge in [0.2, 0.25) is 11.8 Å². The molecule has 0 aromatic carbocycles. The van der Waals surface area contributed by atoms with Crippen molar-refractivity contribution >= 4 is 35.0 Å². The van der Waals surface area contributed by atoms with Crippen molar-refractivity contribution in [1.29, 1.82) is 0 Å². The second-order valence-corrected chi connectivity index (χ2v) is 10.9. The number of aromatic nitrogens is 4. The number of hydrogen-bond donors (Lipinski definition) is 3. The van der Waals surface area contributed by atoms with Crippen LogP contribution in [0.25, 0.3) is 16.9 Å². The number of carbonyl (C=O) groups excluding carboxylic acids is 3. The van der Waals surface area contributed by atoms with Crippen LogP contribution in [0.3, 0.4) is 0 Å². The number of piperidine rings is 1. The van der Waals surface area contributed by atoms with Gasteiger partial charge in [0.15, 0.2) is 11.6 Å². The molecule has 2 fully saturated rings. The first-order chi connectivity index (χ1) is 21.5. The molecular formula is C29H35F3N10O3. The number of hydrogen-bond acceptors (Lipinski definition) is 8. The summed E-state index contributed by atoms with van der Waals surface area (Å²) in [5.41, 5.74) is 0.265. The maximum Gasteiger partial charge on any atom is 0.417 e. The minimum absolute atomic E-state index is 0.0884. The molecule has 0 unspecified atom stereocenters. The van der Waals surface area contributed by atoms with Crippen LogP contribution >= 0.6 is 0 Å². The second-order valence-electron chi connectivity index (χ2n) is 10.9. The number of anilines is 2. The molecule has 2 aliphatic heterocycles. The zero-order valence-corrected chi connectivity index (χ0v) is 24.9. The monoisotopic (exact) mass is 628 g/mol. The highest BCUT2D eigenvalue weighted by atomic mass is 19.4. The van der Waals surface area contributed by atoms with Crippen LogP contribution in [0, 0.1) is 0 Å². The number of nitrogens with one attached hydrogen (secondary N) is 3. The molecule has 3 N–H and O–H groups in total. The van der Waals surface area contributed by atoms with E-state index in [-0.39, 0.29) is 29.7 Å². The predicted octanol–water partition coefficient (Wildman–Crippen LogP) is 2.50. The third-order valence-electron chi connectivity index (χ3n) is 7.81. The van der Waals surface area contributed by atoms with Gasteiger partial charge in [-0.2, -0.15) is 13.2 Å². The van der Waals surface area contributed by atoms with Crippen LogP contribution in [0.15, 0.2) is 37.2 Å². The molecule has 16 heteroatoms. The lowest BCUT2D eigenvalue weighted by Crippen LogP contribution is -2.50. The van der Waals surface area contributed by atoms with Crippen LogP contribution in [0.2, 0.25) is 0 Å². The summed E-state index contributed by atoms with van der Waals surface area (Å²) in [5.74, 6) is -0.414. The Hall–Kier alpha value is -4.73. The van der Waals surface area contributed by atoms with Crippen LogP contribution in [-0.2, 0) is 22.3 Å². The summed E-state index contributed by atoms with van der Waals surface area (Å²) in [5, 5.41) is 11.6. The largest absolute Gasteiger partial charge is 0.417 e. The normalized spacial score (nSPS) is 16.0. The van der Waals surface area contributed by atoms with E-state index >= 15 is 0 Å². The Kier molecular flexibility index (Phi) is 9.51. The molecule has 0 aliphatic carbocycles. The quantitative estimate of drug-likeness (QED) is 0.324. The van der Waals surface area contributed by atoms with E-state index in [9.17, 15) is 27.6 Å². The molecule has 3 aromatic rings. The molecule has 4 amide bonds. The van der Waals surface area contributed by atoms with Gasteiger partial charge in [-0.1, -0.05) is 6.58 Å². The van der Waals surface area contributed by atoms with E-state index in [1.54, 1.807) is 15.6 Å². The smallest absolute Gasteiger partial charge is 0.355 e. The lowest BCUT2D eigenvalue weighted by Gasteiger charge is -2.34. The average molecular weight is 629 g/mol. The fourth-order valence-electron chi connectivity index (χ4n) is 5.45. The van der Waals surface area contributed by atoms with Crippen molar-refractivity contribution in [2.24, 2.45) is 0 Å². The predicted molar refractivity (Wildman–Crippen MR) is 160 cm³/mol. The number of amides is 4. The number of pyridine rings is 1. The Morgan fingerprint density at radius 3 is 2.44 bits per heavy atom. The first-order valence-electron chi connectivity index (χ1n) is 14.7. The average Bonchev–Trinajstić information content (AvgIpc) is 3.45. The van der Waals surface area contributed by atoms with E-state index in [4.69, 9.17) is 0 Å². The molecule has 5 heterocycles. The summed E-state index contributed by atoms with van der Waals surface area (Å²) in [7, 11) is 1.35. The first kappa shape index (κ1) is 31.7. The van der Waals surface area contributed by atoms with Gasteiger partial charge in [0, 0.05) is 65.3 Å². The van der Waals surface area contributed by atoms with Crippen molar-refractivity contribution in [3.63, 3.8) is 0 Å². The van der Waals surface area contributed by atoms with Crippen LogP contribution in [0.4, 0.5) is 29.6 Å². The fourth-order valence-corrected chi connectivity index (χ4v) is 5.45. The second kappa shape index (κ2) is 13.5. The molecule has 0 radical (unpaired) electrons. The van der Waals surface area contributed by atoms with E-state index in [1.807, 2.05) is 6.07 Å². The van der Waals surface area contributed by atoms with Gasteiger partial charge >= 0.3 is 12.2 Å². The molecule has 0 spiro atoms. The van der Waals surface area contributed by atoms with Crippen LogP contribution in [0.1, 0.15) is 30.4 Å². The number of fused-ring (bicyclic) bond motifs is 1. The lowest BCUT2D eigenvalue weighted by atomic mass is 10.1. The Balaban J connectivity index is 1.42. The molecule has 3 aromatic heterocycles. The van der Waals surface area contributed by atoms with Gasteiger partial charge in [-0.3, -0.25) is 19.8 Å². The highest BCUT2D eigenvalue weighted by Crippen LogP contribution is 2.38. The Bertz CT molecular complexity index is 1580. The third kappa shape index (κ3) is 7.50. The van der Waals surface area contributed by atoms with E-state index in [2.05, 4.69) is 47.4 Å². The van der Waals surface area contributed by atoms with Crippen LogP contribution in [-0.4, -0.2) is 100 Å². The maximum absolute atomic E-state index is 14.3. The maximum atomic E-state index is 14.3. The molecule has 5 rings (SSSR count). The zero-order chi connectivity index (χ0) is 32.1. The molecule has 13 nitrogen and oxygen atoms in total. The van der Waals surface area contributed by atoms with Crippen molar-refractivity contribution in [1.82, 2.24) is 40.0 Å². The van der Waals surface area contributed by atoms with Crippen molar-refractivity contribution in [2.45, 2.75) is 32.0 Å². The Morgan fingerprint density at radius 2 is 1.78 bits per heavy atom. The number of alkyl halides is 3. The number of nitrogens with zero attached hydrogens (tertiary/aromatic N) is 7. The Morgan fingerprint density at radius 1 is 1.04 bits per heavy atom. The van der Waals surface area contributed by atoms with Crippen molar-refractivity contribution in [2.75, 3.05) is 63.1 Å². The summed E-state index contributed by atoms with van der Waals surface area (Å²) in [6, 6.07) is 2.03. The van der Waals surface area contributed by atoms with Gasteiger partial charge in [0.1, 0.15) is 11.3 Å².